The monoisotopic (exact) mass is 379 g/mol. The highest BCUT2D eigenvalue weighted by atomic mass is 32.1. The van der Waals surface area contributed by atoms with Crippen LogP contribution in [0.4, 0.5) is 5.13 Å². The number of nitriles is 1. The maximum Gasteiger partial charge on any atom is 0.335 e. The lowest BCUT2D eigenvalue weighted by atomic mass is 10.1. The number of rotatable bonds is 5. The molecule has 3 rings (SSSR count). The minimum Gasteiger partial charge on any atom is -0.497 e. The molecule has 0 atom stereocenters. The molecule has 0 aliphatic heterocycles. The molecule has 0 unspecified atom stereocenters. The van der Waals surface area contributed by atoms with Crippen LogP contribution in [0.15, 0.2) is 48.5 Å². The molecule has 8 heteroatoms. The zero-order valence-electron chi connectivity index (χ0n) is 14.1. The van der Waals surface area contributed by atoms with Gasteiger partial charge in [0.05, 0.1) is 12.7 Å². The quantitative estimate of drug-likeness (QED) is 0.700. The lowest BCUT2D eigenvalue weighted by molar-refractivity contribution is 0.0697. The van der Waals surface area contributed by atoms with Gasteiger partial charge < -0.3 is 9.84 Å². The van der Waals surface area contributed by atoms with Gasteiger partial charge in [0.25, 0.3) is 5.91 Å². The molecule has 0 aliphatic carbocycles. The lowest BCUT2D eigenvalue weighted by Crippen LogP contribution is -2.12. The Morgan fingerprint density at radius 1 is 1.19 bits per heavy atom. The van der Waals surface area contributed by atoms with Crippen LogP contribution < -0.4 is 10.1 Å². The van der Waals surface area contributed by atoms with Gasteiger partial charge >= 0.3 is 5.97 Å². The second-order valence-electron chi connectivity index (χ2n) is 5.38. The summed E-state index contributed by atoms with van der Waals surface area (Å²) in [4.78, 5) is 28.1. The van der Waals surface area contributed by atoms with Gasteiger partial charge in [-0.25, -0.2) is 9.78 Å². The number of thiazole rings is 1. The summed E-state index contributed by atoms with van der Waals surface area (Å²) in [6.07, 6.45) is 0. The first-order chi connectivity index (χ1) is 13.0. The summed E-state index contributed by atoms with van der Waals surface area (Å²) in [5.41, 5.74) is 1.38. The second-order valence-corrected chi connectivity index (χ2v) is 6.38. The van der Waals surface area contributed by atoms with Crippen LogP contribution in [0.3, 0.4) is 0 Å². The van der Waals surface area contributed by atoms with E-state index in [1.165, 1.54) is 24.3 Å². The number of benzene rings is 2. The van der Waals surface area contributed by atoms with Crippen LogP contribution in [-0.2, 0) is 0 Å². The van der Waals surface area contributed by atoms with Crippen molar-refractivity contribution in [3.63, 3.8) is 0 Å². The number of carbonyl (C=O) groups is 2. The number of carbonyl (C=O) groups excluding carboxylic acids is 1. The molecule has 0 radical (unpaired) electrons. The van der Waals surface area contributed by atoms with Crippen molar-refractivity contribution in [1.82, 2.24) is 4.98 Å². The van der Waals surface area contributed by atoms with Crippen LogP contribution in [-0.4, -0.2) is 29.1 Å². The number of carboxylic acids is 1. The maximum absolute atomic E-state index is 12.4. The van der Waals surface area contributed by atoms with Crippen LogP contribution in [0.5, 0.6) is 5.75 Å². The number of nitrogens with one attached hydrogen (secondary N) is 1. The molecule has 1 amide bonds. The van der Waals surface area contributed by atoms with E-state index in [0.29, 0.717) is 16.3 Å². The third kappa shape index (κ3) is 3.94. The number of hydrogen-bond donors (Lipinski definition) is 2. The Balaban J connectivity index is 1.86. The van der Waals surface area contributed by atoms with E-state index < -0.39 is 11.9 Å². The van der Waals surface area contributed by atoms with E-state index in [1.54, 1.807) is 31.4 Å². The topological polar surface area (TPSA) is 112 Å². The van der Waals surface area contributed by atoms with Crippen molar-refractivity contribution in [3.8, 4) is 23.1 Å². The van der Waals surface area contributed by atoms with E-state index in [9.17, 15) is 14.9 Å². The average Bonchev–Trinajstić information content (AvgIpc) is 3.10. The zero-order valence-corrected chi connectivity index (χ0v) is 14.9. The van der Waals surface area contributed by atoms with Gasteiger partial charge in [0.15, 0.2) is 5.13 Å². The van der Waals surface area contributed by atoms with E-state index >= 15 is 0 Å². The summed E-state index contributed by atoms with van der Waals surface area (Å²) in [6.45, 7) is 0. The van der Waals surface area contributed by atoms with Crippen molar-refractivity contribution in [2.45, 2.75) is 0 Å². The first kappa shape index (κ1) is 18.1. The predicted molar refractivity (Wildman–Crippen MR) is 100 cm³/mol. The van der Waals surface area contributed by atoms with Crippen LogP contribution in [0.25, 0.3) is 11.3 Å². The third-order valence-corrected chi connectivity index (χ3v) is 4.56. The molecule has 7 nitrogen and oxygen atoms in total. The highest BCUT2D eigenvalue weighted by molar-refractivity contribution is 7.16. The van der Waals surface area contributed by atoms with E-state index in [-0.39, 0.29) is 16.3 Å². The van der Waals surface area contributed by atoms with Gasteiger partial charge in [-0.05, 0) is 42.5 Å². The van der Waals surface area contributed by atoms with Crippen molar-refractivity contribution in [2.75, 3.05) is 12.4 Å². The van der Waals surface area contributed by atoms with Gasteiger partial charge in [-0.2, -0.15) is 5.26 Å². The molecule has 27 heavy (non-hydrogen) atoms. The molecule has 134 valence electrons. The fourth-order valence-corrected chi connectivity index (χ4v) is 3.14. The third-order valence-electron chi connectivity index (χ3n) is 3.68. The number of nitrogens with zero attached hydrogens (tertiary/aromatic N) is 2. The van der Waals surface area contributed by atoms with Crippen LogP contribution in [0, 0.1) is 11.3 Å². The number of aromatic nitrogens is 1. The molecular weight excluding hydrogens is 366 g/mol. The van der Waals surface area contributed by atoms with Gasteiger partial charge in [0.2, 0.25) is 0 Å². The molecule has 3 aromatic rings. The molecule has 1 aromatic heterocycles. The van der Waals surface area contributed by atoms with Crippen LogP contribution in [0.1, 0.15) is 25.6 Å². The minimum absolute atomic E-state index is 0.0124. The fourth-order valence-electron chi connectivity index (χ4n) is 2.36. The van der Waals surface area contributed by atoms with Crippen LogP contribution in [0.2, 0.25) is 0 Å². The van der Waals surface area contributed by atoms with Crippen molar-refractivity contribution < 1.29 is 19.4 Å². The van der Waals surface area contributed by atoms with Gasteiger partial charge in [0, 0.05) is 11.1 Å². The summed E-state index contributed by atoms with van der Waals surface area (Å²) in [7, 11) is 1.56. The summed E-state index contributed by atoms with van der Waals surface area (Å²) in [5.74, 6) is -0.940. The molecule has 0 bridgehead atoms. The Labute approximate surface area is 158 Å². The fraction of sp³-hybridized carbons (Fsp3) is 0.0526. The minimum atomic E-state index is -1.12. The molecular formula is C19H13N3O4S. The number of methoxy groups -OCH3 is 1. The number of aromatic carboxylic acids is 1. The van der Waals surface area contributed by atoms with Gasteiger partial charge in [-0.3, -0.25) is 10.1 Å². The highest BCUT2D eigenvalue weighted by Gasteiger charge is 2.16. The molecule has 0 saturated carbocycles. The Hall–Kier alpha value is -3.70. The maximum atomic E-state index is 12.4. The lowest BCUT2D eigenvalue weighted by Gasteiger charge is -2.03. The van der Waals surface area contributed by atoms with Gasteiger partial charge in [-0.15, -0.1) is 0 Å². The molecule has 1 heterocycles. The standard InChI is InChI=1S/C19H13N3O4S/c1-26-14-7-5-11(6-8-14)16-15(10-20)27-19(21-16)22-17(23)12-3-2-4-13(9-12)18(24)25/h2-9H,1H3,(H,24,25)(H,21,22,23). The summed E-state index contributed by atoms with van der Waals surface area (Å²) < 4.78 is 5.11. The largest absolute Gasteiger partial charge is 0.497 e. The SMILES string of the molecule is COc1ccc(-c2nc(NC(=O)c3cccc(C(=O)O)c3)sc2C#N)cc1. The number of ether oxygens (including phenoxy) is 1. The summed E-state index contributed by atoms with van der Waals surface area (Å²) >= 11 is 1.05. The molecule has 2 aromatic carbocycles. The first-order valence-electron chi connectivity index (χ1n) is 7.72. The van der Waals surface area contributed by atoms with E-state index in [0.717, 1.165) is 16.9 Å². The number of carboxylic acid groups (broad SMARTS) is 1. The Morgan fingerprint density at radius 3 is 2.52 bits per heavy atom. The Bertz CT molecular complexity index is 1050. The normalized spacial score (nSPS) is 10.1. The van der Waals surface area contributed by atoms with Crippen molar-refractivity contribution in [3.05, 3.63) is 64.5 Å². The molecule has 0 fully saturated rings. The highest BCUT2D eigenvalue weighted by Crippen LogP contribution is 2.31. The molecule has 2 N–H and O–H groups in total. The van der Waals surface area contributed by atoms with Crippen molar-refractivity contribution in [2.24, 2.45) is 0 Å². The predicted octanol–water partition coefficient (Wildman–Crippen LogP) is 3.64. The summed E-state index contributed by atoms with van der Waals surface area (Å²) in [6, 6.07) is 14.8. The molecule has 0 aliphatic rings. The van der Waals surface area contributed by atoms with Gasteiger partial charge in [0.1, 0.15) is 22.4 Å². The zero-order chi connectivity index (χ0) is 19.4. The first-order valence-corrected chi connectivity index (χ1v) is 8.53. The van der Waals surface area contributed by atoms with E-state index in [4.69, 9.17) is 9.84 Å². The number of hydrogen-bond acceptors (Lipinski definition) is 6. The Kier molecular flexibility index (Phi) is 5.15. The van der Waals surface area contributed by atoms with Crippen LogP contribution >= 0.6 is 11.3 Å². The van der Waals surface area contributed by atoms with Crippen molar-refractivity contribution in [1.29, 1.82) is 5.26 Å². The molecule has 0 spiro atoms. The second kappa shape index (κ2) is 7.68. The smallest absolute Gasteiger partial charge is 0.335 e. The number of anilines is 1. The Morgan fingerprint density at radius 2 is 1.89 bits per heavy atom. The summed E-state index contributed by atoms with van der Waals surface area (Å²) in [5, 5.41) is 21.3. The average molecular weight is 379 g/mol. The number of amides is 1. The van der Waals surface area contributed by atoms with E-state index in [2.05, 4.69) is 16.4 Å². The molecule has 0 saturated heterocycles. The van der Waals surface area contributed by atoms with Gasteiger partial charge in [-0.1, -0.05) is 17.4 Å². The van der Waals surface area contributed by atoms with Crippen molar-refractivity contribution >= 4 is 28.3 Å². The van der Waals surface area contributed by atoms with E-state index in [1.807, 2.05) is 0 Å².